The number of thiophene rings is 1. The van der Waals surface area contributed by atoms with E-state index in [4.69, 9.17) is 16.3 Å². The Kier molecular flexibility index (Phi) is 5.40. The fourth-order valence-electron chi connectivity index (χ4n) is 2.51. The molecule has 1 amide bonds. The Labute approximate surface area is 155 Å². The molecule has 0 aliphatic rings. The lowest BCUT2D eigenvalue weighted by Gasteiger charge is -2.10. The van der Waals surface area contributed by atoms with Crippen molar-refractivity contribution in [1.82, 2.24) is 15.1 Å². The van der Waals surface area contributed by atoms with E-state index in [9.17, 15) is 4.79 Å². The van der Waals surface area contributed by atoms with Gasteiger partial charge in [-0.05, 0) is 42.6 Å². The van der Waals surface area contributed by atoms with E-state index >= 15 is 0 Å². The van der Waals surface area contributed by atoms with E-state index in [0.717, 1.165) is 16.3 Å². The number of carbonyl (C=O) groups excluding carboxylic acids is 1. The van der Waals surface area contributed by atoms with Crippen molar-refractivity contribution in [3.8, 4) is 16.3 Å². The highest BCUT2D eigenvalue weighted by molar-refractivity contribution is 7.13. The first kappa shape index (κ1) is 17.5. The van der Waals surface area contributed by atoms with Gasteiger partial charge in [-0.25, -0.2) is 0 Å². The number of aromatic nitrogens is 2. The third-order valence-electron chi connectivity index (χ3n) is 3.77. The Morgan fingerprint density at radius 3 is 2.92 bits per heavy atom. The first-order valence-corrected chi connectivity index (χ1v) is 9.04. The Balaban J connectivity index is 1.63. The van der Waals surface area contributed by atoms with Crippen LogP contribution in [-0.4, -0.2) is 29.3 Å². The monoisotopic (exact) mass is 375 g/mol. The zero-order valence-corrected chi connectivity index (χ0v) is 15.5. The molecule has 7 heteroatoms. The number of hydrogen-bond acceptors (Lipinski definition) is 4. The molecular formula is C18H18ClN3O2S. The third-order valence-corrected chi connectivity index (χ3v) is 4.90. The van der Waals surface area contributed by atoms with Crippen molar-refractivity contribution in [1.29, 1.82) is 0 Å². The summed E-state index contributed by atoms with van der Waals surface area (Å²) in [6, 6.07) is 11.1. The summed E-state index contributed by atoms with van der Waals surface area (Å²) in [4.78, 5) is 13.5. The van der Waals surface area contributed by atoms with Crippen LogP contribution >= 0.6 is 22.9 Å². The summed E-state index contributed by atoms with van der Waals surface area (Å²) in [5, 5.41) is 10.0. The van der Waals surface area contributed by atoms with Gasteiger partial charge in [-0.15, -0.1) is 11.3 Å². The topological polar surface area (TPSA) is 56.1 Å². The van der Waals surface area contributed by atoms with Crippen molar-refractivity contribution in [2.24, 2.45) is 0 Å². The molecule has 130 valence electrons. The summed E-state index contributed by atoms with van der Waals surface area (Å²) < 4.78 is 7.11. The van der Waals surface area contributed by atoms with Crippen LogP contribution in [0.25, 0.3) is 10.6 Å². The zero-order chi connectivity index (χ0) is 17.8. The standard InChI is InChI=1S/C18H18ClN3O2S/c1-12-10-15(17-4-3-9-25-17)21-22(12)8-7-20-18(23)14-11-13(19)5-6-16(14)24-2/h3-6,9-11H,7-8H2,1-2H3,(H,20,23). The highest BCUT2D eigenvalue weighted by Gasteiger charge is 2.13. The number of benzene rings is 1. The van der Waals surface area contributed by atoms with Crippen LogP contribution in [0.5, 0.6) is 5.75 Å². The molecule has 25 heavy (non-hydrogen) atoms. The Hall–Kier alpha value is -2.31. The highest BCUT2D eigenvalue weighted by Crippen LogP contribution is 2.24. The summed E-state index contributed by atoms with van der Waals surface area (Å²) in [6.07, 6.45) is 0. The lowest BCUT2D eigenvalue weighted by molar-refractivity contribution is 0.0949. The zero-order valence-electron chi connectivity index (χ0n) is 14.0. The second kappa shape index (κ2) is 7.72. The number of nitrogens with one attached hydrogen (secondary N) is 1. The van der Waals surface area contributed by atoms with Gasteiger partial charge in [0.25, 0.3) is 5.91 Å². The van der Waals surface area contributed by atoms with Gasteiger partial charge in [0.15, 0.2) is 0 Å². The molecule has 0 unspecified atom stereocenters. The van der Waals surface area contributed by atoms with Crippen LogP contribution in [0, 0.1) is 6.92 Å². The molecule has 0 bridgehead atoms. The number of nitrogens with zero attached hydrogens (tertiary/aromatic N) is 2. The molecule has 2 heterocycles. The summed E-state index contributed by atoms with van der Waals surface area (Å²) in [5.41, 5.74) is 2.43. The Bertz CT molecular complexity index is 875. The van der Waals surface area contributed by atoms with Crippen molar-refractivity contribution in [2.75, 3.05) is 13.7 Å². The maximum atomic E-state index is 12.4. The van der Waals surface area contributed by atoms with Crippen molar-refractivity contribution in [3.63, 3.8) is 0 Å². The molecule has 2 aromatic heterocycles. The van der Waals surface area contributed by atoms with E-state index in [1.165, 1.54) is 7.11 Å². The van der Waals surface area contributed by atoms with Gasteiger partial charge in [-0.3, -0.25) is 9.48 Å². The van der Waals surface area contributed by atoms with Crippen LogP contribution in [0.2, 0.25) is 5.02 Å². The van der Waals surface area contributed by atoms with Gasteiger partial charge < -0.3 is 10.1 Å². The minimum Gasteiger partial charge on any atom is -0.496 e. The number of aryl methyl sites for hydroxylation is 1. The highest BCUT2D eigenvalue weighted by atomic mass is 35.5. The summed E-state index contributed by atoms with van der Waals surface area (Å²) >= 11 is 7.63. The molecule has 1 N–H and O–H groups in total. The average molecular weight is 376 g/mol. The van der Waals surface area contributed by atoms with Gasteiger partial charge in [-0.1, -0.05) is 17.7 Å². The summed E-state index contributed by atoms with van der Waals surface area (Å²) in [5.74, 6) is 0.278. The quantitative estimate of drug-likeness (QED) is 0.708. The molecule has 3 rings (SSSR count). The van der Waals surface area contributed by atoms with E-state index in [-0.39, 0.29) is 5.91 Å². The lowest BCUT2D eigenvalue weighted by atomic mass is 10.2. The number of ether oxygens (including phenoxy) is 1. The molecule has 0 atom stereocenters. The Morgan fingerprint density at radius 2 is 2.20 bits per heavy atom. The SMILES string of the molecule is COc1ccc(Cl)cc1C(=O)NCCn1nc(-c2cccs2)cc1C. The second-order valence-electron chi connectivity index (χ2n) is 5.47. The predicted molar refractivity (Wildman–Crippen MR) is 101 cm³/mol. The molecule has 0 radical (unpaired) electrons. The van der Waals surface area contributed by atoms with Gasteiger partial charge in [0.1, 0.15) is 11.4 Å². The van der Waals surface area contributed by atoms with Crippen LogP contribution in [0.4, 0.5) is 0 Å². The summed E-state index contributed by atoms with van der Waals surface area (Å²) in [7, 11) is 1.53. The normalized spacial score (nSPS) is 10.7. The van der Waals surface area contributed by atoms with Crippen molar-refractivity contribution in [3.05, 3.63) is 58.1 Å². The molecule has 0 fully saturated rings. The van der Waals surface area contributed by atoms with E-state index in [0.29, 0.717) is 29.4 Å². The number of amides is 1. The van der Waals surface area contributed by atoms with Gasteiger partial charge >= 0.3 is 0 Å². The van der Waals surface area contributed by atoms with Crippen LogP contribution in [0.15, 0.2) is 41.8 Å². The molecule has 1 aromatic carbocycles. The molecule has 0 aliphatic heterocycles. The fraction of sp³-hybridized carbons (Fsp3) is 0.222. The number of rotatable bonds is 6. The molecule has 0 saturated heterocycles. The molecule has 3 aromatic rings. The van der Waals surface area contributed by atoms with Crippen LogP contribution in [-0.2, 0) is 6.54 Å². The van der Waals surface area contributed by atoms with Crippen molar-refractivity contribution in [2.45, 2.75) is 13.5 Å². The van der Waals surface area contributed by atoms with Crippen LogP contribution in [0.3, 0.4) is 0 Å². The van der Waals surface area contributed by atoms with Crippen LogP contribution in [0.1, 0.15) is 16.1 Å². The van der Waals surface area contributed by atoms with Crippen molar-refractivity contribution < 1.29 is 9.53 Å². The van der Waals surface area contributed by atoms with E-state index in [1.807, 2.05) is 35.2 Å². The number of carbonyl (C=O) groups is 1. The first-order valence-electron chi connectivity index (χ1n) is 7.78. The summed E-state index contributed by atoms with van der Waals surface area (Å²) in [6.45, 7) is 3.05. The molecule has 0 aliphatic carbocycles. The third kappa shape index (κ3) is 4.03. The average Bonchev–Trinajstić information content (AvgIpc) is 3.25. The maximum absolute atomic E-state index is 12.4. The van der Waals surface area contributed by atoms with E-state index in [1.54, 1.807) is 29.5 Å². The van der Waals surface area contributed by atoms with E-state index in [2.05, 4.69) is 10.4 Å². The fourth-order valence-corrected chi connectivity index (χ4v) is 3.36. The maximum Gasteiger partial charge on any atom is 0.255 e. The molecular weight excluding hydrogens is 358 g/mol. The second-order valence-corrected chi connectivity index (χ2v) is 6.86. The van der Waals surface area contributed by atoms with Gasteiger partial charge in [-0.2, -0.15) is 5.10 Å². The number of halogens is 1. The van der Waals surface area contributed by atoms with Gasteiger partial charge in [0.2, 0.25) is 0 Å². The molecule has 0 saturated carbocycles. The Morgan fingerprint density at radius 1 is 1.36 bits per heavy atom. The minimum absolute atomic E-state index is 0.220. The number of methoxy groups -OCH3 is 1. The number of hydrogen-bond donors (Lipinski definition) is 1. The minimum atomic E-state index is -0.220. The first-order chi connectivity index (χ1) is 12.1. The van der Waals surface area contributed by atoms with E-state index < -0.39 is 0 Å². The van der Waals surface area contributed by atoms with Gasteiger partial charge in [0, 0.05) is 17.3 Å². The predicted octanol–water partition coefficient (Wildman–Crippen LogP) is 4.01. The largest absolute Gasteiger partial charge is 0.496 e. The molecule has 5 nitrogen and oxygen atoms in total. The smallest absolute Gasteiger partial charge is 0.255 e. The van der Waals surface area contributed by atoms with Crippen molar-refractivity contribution >= 4 is 28.8 Å². The lowest BCUT2D eigenvalue weighted by Crippen LogP contribution is -2.28. The van der Waals surface area contributed by atoms with Crippen LogP contribution < -0.4 is 10.1 Å². The molecule has 0 spiro atoms. The van der Waals surface area contributed by atoms with Gasteiger partial charge in [0.05, 0.1) is 24.1 Å².